The maximum absolute atomic E-state index is 11.9. The molecule has 2 aromatic rings. The van der Waals surface area contributed by atoms with Crippen molar-refractivity contribution in [3.63, 3.8) is 0 Å². The van der Waals surface area contributed by atoms with E-state index in [4.69, 9.17) is 0 Å². The van der Waals surface area contributed by atoms with Crippen LogP contribution in [0.2, 0.25) is 0 Å². The molecule has 1 aromatic heterocycles. The van der Waals surface area contributed by atoms with Crippen molar-refractivity contribution in [2.24, 2.45) is 0 Å². The number of carbonyl (C=O) groups excluding carboxylic acids is 1. The summed E-state index contributed by atoms with van der Waals surface area (Å²) in [7, 11) is 0. The molecule has 0 bridgehead atoms. The van der Waals surface area contributed by atoms with E-state index >= 15 is 0 Å². The van der Waals surface area contributed by atoms with Crippen molar-refractivity contribution in [3.05, 3.63) is 64.7 Å². The minimum absolute atomic E-state index is 0.0249. The summed E-state index contributed by atoms with van der Waals surface area (Å²) >= 11 is 0. The van der Waals surface area contributed by atoms with Crippen LogP contribution >= 0.6 is 0 Å². The van der Waals surface area contributed by atoms with E-state index in [1.165, 1.54) is 24.3 Å². The van der Waals surface area contributed by atoms with Gasteiger partial charge in [-0.2, -0.15) is 4.57 Å². The first kappa shape index (κ1) is 11.8. The van der Waals surface area contributed by atoms with E-state index in [-0.39, 0.29) is 18.0 Å². The Morgan fingerprint density at radius 1 is 1.22 bits per heavy atom. The van der Waals surface area contributed by atoms with Crippen LogP contribution in [0.5, 0.6) is 0 Å². The van der Waals surface area contributed by atoms with Crippen LogP contribution in [0.3, 0.4) is 0 Å². The van der Waals surface area contributed by atoms with Crippen LogP contribution in [0.25, 0.3) is 0 Å². The van der Waals surface area contributed by atoms with Crippen molar-refractivity contribution >= 4 is 11.5 Å². The van der Waals surface area contributed by atoms with Crippen LogP contribution < -0.4 is 4.57 Å². The molecule has 6 heteroatoms. The number of aromatic nitrogens is 2. The number of rotatable bonds is 4. The number of carbonyl (C=O) groups is 1. The Morgan fingerprint density at radius 2 is 1.83 bits per heavy atom. The van der Waals surface area contributed by atoms with Gasteiger partial charge in [0.2, 0.25) is 12.3 Å². The molecule has 0 saturated carbocycles. The molecule has 1 aromatic carbocycles. The molecule has 0 radical (unpaired) electrons. The summed E-state index contributed by atoms with van der Waals surface area (Å²) in [6, 6.07) is 5.57. The third kappa shape index (κ3) is 2.73. The van der Waals surface area contributed by atoms with E-state index in [2.05, 4.69) is 4.98 Å². The monoisotopic (exact) mass is 244 g/mol. The van der Waals surface area contributed by atoms with E-state index < -0.39 is 4.92 Å². The molecule has 0 aliphatic carbocycles. The molecule has 0 aliphatic rings. The number of hydrogen-bond acceptors (Lipinski definition) is 4. The van der Waals surface area contributed by atoms with Crippen LogP contribution in [0.15, 0.2) is 49.1 Å². The van der Waals surface area contributed by atoms with Crippen LogP contribution in [-0.2, 0) is 6.54 Å². The van der Waals surface area contributed by atoms with Gasteiger partial charge >= 0.3 is 0 Å². The highest BCUT2D eigenvalue weighted by molar-refractivity contribution is 5.95. The summed E-state index contributed by atoms with van der Waals surface area (Å²) in [5, 5.41) is 10.5. The average molecular weight is 244 g/mol. The molecule has 90 valence electrons. The minimum Gasteiger partial charge on any atom is -0.287 e. The van der Waals surface area contributed by atoms with Crippen molar-refractivity contribution in [2.75, 3.05) is 0 Å². The number of Topliss-reactive ketones (excluding diaryl/α,β-unsaturated/α-hetero) is 1. The largest absolute Gasteiger partial charge is 0.287 e. The molecule has 0 fully saturated rings. The summed E-state index contributed by atoms with van der Waals surface area (Å²) in [5.74, 6) is -0.110. The van der Waals surface area contributed by atoms with E-state index in [1.54, 1.807) is 29.4 Å². The first-order chi connectivity index (χ1) is 8.66. The Bertz CT molecular complexity index is 567. The van der Waals surface area contributed by atoms with Crippen molar-refractivity contribution in [1.82, 2.24) is 4.98 Å². The smallest absolute Gasteiger partial charge is 0.269 e. The van der Waals surface area contributed by atoms with Gasteiger partial charge in [-0.15, -0.1) is 0 Å². The summed E-state index contributed by atoms with van der Waals surface area (Å²) in [6.07, 6.45) is 6.54. The number of nitro groups is 1. The molecule has 0 spiro atoms. The molecule has 0 unspecified atom stereocenters. The van der Waals surface area contributed by atoms with Gasteiger partial charge in [0.1, 0.15) is 0 Å². The highest BCUT2D eigenvalue weighted by atomic mass is 16.6. The Hall–Kier alpha value is -2.63. The number of hydrogen-bond donors (Lipinski definition) is 0. The standard InChI is InChI=1S/C12H10N3O3/c16-12(9-14-7-5-13-6-8-14)10-1-3-11(4-2-10)15(17)18/h1-8H,9H2/q+1. The SMILES string of the molecule is O=C(C[n+]1ccncc1)c1ccc([N+](=O)[O-])cc1. The number of nitrogens with zero attached hydrogens (tertiary/aromatic N) is 3. The zero-order valence-electron chi connectivity index (χ0n) is 9.39. The van der Waals surface area contributed by atoms with E-state index in [0.717, 1.165) is 0 Å². The molecule has 6 nitrogen and oxygen atoms in total. The molecule has 0 saturated heterocycles. The third-order valence-corrected chi connectivity index (χ3v) is 2.41. The summed E-state index contributed by atoms with van der Waals surface area (Å²) in [4.78, 5) is 25.7. The fourth-order valence-electron chi connectivity index (χ4n) is 1.48. The number of nitro benzene ring substituents is 1. The van der Waals surface area contributed by atoms with Gasteiger partial charge in [-0.25, -0.2) is 0 Å². The van der Waals surface area contributed by atoms with Crippen LogP contribution in [0, 0.1) is 10.1 Å². The number of ketones is 1. The molecule has 1 heterocycles. The van der Waals surface area contributed by atoms with Crippen LogP contribution in [0.4, 0.5) is 5.69 Å². The Labute approximate surface area is 103 Å². The van der Waals surface area contributed by atoms with Gasteiger partial charge in [0.15, 0.2) is 12.4 Å². The van der Waals surface area contributed by atoms with Gasteiger partial charge in [-0.3, -0.25) is 19.9 Å². The van der Waals surface area contributed by atoms with E-state index in [1.807, 2.05) is 0 Å². The summed E-state index contributed by atoms with van der Waals surface area (Å²) < 4.78 is 1.69. The summed E-state index contributed by atoms with van der Waals surface area (Å²) in [6.45, 7) is 0.181. The molecular formula is C12H10N3O3+. The number of non-ortho nitro benzene ring substituents is 1. The molecular weight excluding hydrogens is 234 g/mol. The third-order valence-electron chi connectivity index (χ3n) is 2.41. The van der Waals surface area contributed by atoms with E-state index in [9.17, 15) is 14.9 Å². The quantitative estimate of drug-likeness (QED) is 0.350. The lowest BCUT2D eigenvalue weighted by Gasteiger charge is -1.97. The lowest BCUT2D eigenvalue weighted by atomic mass is 10.1. The first-order valence-corrected chi connectivity index (χ1v) is 5.23. The number of benzene rings is 1. The van der Waals surface area contributed by atoms with Gasteiger partial charge in [0.05, 0.1) is 17.3 Å². The predicted octanol–water partition coefficient (Wildman–Crippen LogP) is 1.16. The van der Waals surface area contributed by atoms with Crippen molar-refractivity contribution in [1.29, 1.82) is 0 Å². The molecule has 2 rings (SSSR count). The Kier molecular flexibility index (Phi) is 3.38. The zero-order valence-corrected chi connectivity index (χ0v) is 9.39. The van der Waals surface area contributed by atoms with Gasteiger partial charge in [0.25, 0.3) is 5.69 Å². The summed E-state index contributed by atoms with van der Waals surface area (Å²) in [5.41, 5.74) is 0.424. The first-order valence-electron chi connectivity index (χ1n) is 5.23. The zero-order chi connectivity index (χ0) is 13.0. The Morgan fingerprint density at radius 3 is 2.39 bits per heavy atom. The van der Waals surface area contributed by atoms with Crippen LogP contribution in [-0.4, -0.2) is 15.7 Å². The highest BCUT2D eigenvalue weighted by Crippen LogP contribution is 2.12. The topological polar surface area (TPSA) is 77.0 Å². The fourth-order valence-corrected chi connectivity index (χ4v) is 1.48. The lowest BCUT2D eigenvalue weighted by Crippen LogP contribution is -2.37. The second-order valence-corrected chi connectivity index (χ2v) is 3.64. The van der Waals surface area contributed by atoms with Crippen molar-refractivity contribution in [3.8, 4) is 0 Å². The van der Waals surface area contributed by atoms with Crippen molar-refractivity contribution in [2.45, 2.75) is 6.54 Å². The lowest BCUT2D eigenvalue weighted by molar-refractivity contribution is -0.683. The van der Waals surface area contributed by atoms with Gasteiger partial charge in [-0.1, -0.05) is 0 Å². The van der Waals surface area contributed by atoms with Gasteiger partial charge in [0, 0.05) is 17.7 Å². The average Bonchev–Trinajstić information content (AvgIpc) is 2.40. The highest BCUT2D eigenvalue weighted by Gasteiger charge is 2.13. The maximum atomic E-state index is 11.9. The van der Waals surface area contributed by atoms with Crippen LogP contribution in [0.1, 0.15) is 10.4 Å². The molecule has 0 atom stereocenters. The fraction of sp³-hybridized carbons (Fsp3) is 0.0833. The molecule has 0 aliphatic heterocycles. The van der Waals surface area contributed by atoms with E-state index in [0.29, 0.717) is 5.56 Å². The predicted molar refractivity (Wildman–Crippen MR) is 61.9 cm³/mol. The van der Waals surface area contributed by atoms with Gasteiger partial charge < -0.3 is 0 Å². The van der Waals surface area contributed by atoms with Gasteiger partial charge in [-0.05, 0) is 12.1 Å². The Balaban J connectivity index is 2.12. The normalized spacial score (nSPS) is 10.0. The molecule has 18 heavy (non-hydrogen) atoms. The second kappa shape index (κ2) is 5.13. The minimum atomic E-state index is -0.494. The molecule has 0 amide bonds. The second-order valence-electron chi connectivity index (χ2n) is 3.64. The maximum Gasteiger partial charge on any atom is 0.269 e. The van der Waals surface area contributed by atoms with Crippen molar-refractivity contribution < 1.29 is 14.3 Å². The molecule has 0 N–H and O–H groups in total.